The first-order valence-electron chi connectivity index (χ1n) is 6.70. The molecule has 1 aromatic carbocycles. The number of aromatic carboxylic acids is 1. The van der Waals surface area contributed by atoms with Crippen LogP contribution in [0.1, 0.15) is 41.8 Å². The average molecular weight is 278 g/mol. The second-order valence-electron chi connectivity index (χ2n) is 5.37. The van der Waals surface area contributed by atoms with Gasteiger partial charge in [0.1, 0.15) is 0 Å². The van der Waals surface area contributed by atoms with Crippen molar-refractivity contribution in [2.45, 2.75) is 34.1 Å². The first-order valence-corrected chi connectivity index (χ1v) is 6.70. The van der Waals surface area contributed by atoms with Crippen LogP contribution in [0.4, 0.5) is 10.5 Å². The second kappa shape index (κ2) is 6.93. The standard InChI is InChI=1S/C15H22N2O3/c1-9(2)5-6-16-15(20)17-13-11(4)7-10(3)8-12(13)14(18)19/h7-9H,5-6H2,1-4H3,(H,18,19)(H2,16,17,20). The van der Waals surface area contributed by atoms with Gasteiger partial charge in [-0.15, -0.1) is 0 Å². The number of benzene rings is 1. The summed E-state index contributed by atoms with van der Waals surface area (Å²) in [4.78, 5) is 23.0. The van der Waals surface area contributed by atoms with Gasteiger partial charge in [-0.3, -0.25) is 0 Å². The Bertz CT molecular complexity index is 510. The third kappa shape index (κ3) is 4.57. The zero-order valence-electron chi connectivity index (χ0n) is 12.4. The number of carbonyl (C=O) groups excluding carboxylic acids is 1. The SMILES string of the molecule is Cc1cc(C)c(NC(=O)NCCC(C)C)c(C(=O)O)c1. The van der Waals surface area contributed by atoms with Gasteiger partial charge in [0.15, 0.2) is 0 Å². The third-order valence-electron chi connectivity index (χ3n) is 2.96. The van der Waals surface area contributed by atoms with Gasteiger partial charge >= 0.3 is 12.0 Å². The van der Waals surface area contributed by atoms with Crippen molar-refractivity contribution in [3.05, 3.63) is 28.8 Å². The highest BCUT2D eigenvalue weighted by Gasteiger charge is 2.15. The summed E-state index contributed by atoms with van der Waals surface area (Å²) in [5.74, 6) is -0.541. The fourth-order valence-corrected chi connectivity index (χ4v) is 1.93. The zero-order chi connectivity index (χ0) is 15.3. The van der Waals surface area contributed by atoms with Crippen LogP contribution in [0.15, 0.2) is 12.1 Å². The predicted molar refractivity (Wildman–Crippen MR) is 79.4 cm³/mol. The molecule has 0 aromatic heterocycles. The summed E-state index contributed by atoms with van der Waals surface area (Å²) in [5, 5.41) is 14.6. The highest BCUT2D eigenvalue weighted by Crippen LogP contribution is 2.22. The third-order valence-corrected chi connectivity index (χ3v) is 2.96. The number of carbonyl (C=O) groups is 2. The molecule has 5 heteroatoms. The fourth-order valence-electron chi connectivity index (χ4n) is 1.93. The van der Waals surface area contributed by atoms with E-state index in [9.17, 15) is 14.7 Å². The summed E-state index contributed by atoms with van der Waals surface area (Å²) in [5.41, 5.74) is 2.05. The van der Waals surface area contributed by atoms with E-state index >= 15 is 0 Å². The molecule has 0 heterocycles. The first-order chi connectivity index (χ1) is 9.31. The highest BCUT2D eigenvalue weighted by atomic mass is 16.4. The number of anilines is 1. The van der Waals surface area contributed by atoms with Crippen molar-refractivity contribution in [3.8, 4) is 0 Å². The lowest BCUT2D eigenvalue weighted by Gasteiger charge is -2.14. The molecule has 110 valence electrons. The molecule has 0 bridgehead atoms. The molecular formula is C15H22N2O3. The van der Waals surface area contributed by atoms with E-state index in [0.29, 0.717) is 18.2 Å². The maximum atomic E-state index is 11.8. The van der Waals surface area contributed by atoms with Crippen molar-refractivity contribution < 1.29 is 14.7 Å². The number of amides is 2. The topological polar surface area (TPSA) is 78.4 Å². The molecule has 5 nitrogen and oxygen atoms in total. The van der Waals surface area contributed by atoms with Crippen LogP contribution in [-0.2, 0) is 0 Å². The van der Waals surface area contributed by atoms with Crippen LogP contribution in [0, 0.1) is 19.8 Å². The molecule has 3 N–H and O–H groups in total. The van der Waals surface area contributed by atoms with Gasteiger partial charge in [0.25, 0.3) is 0 Å². The quantitative estimate of drug-likeness (QED) is 0.774. The normalized spacial score (nSPS) is 10.4. The Labute approximate surface area is 119 Å². The van der Waals surface area contributed by atoms with E-state index in [1.807, 2.05) is 13.0 Å². The lowest BCUT2D eigenvalue weighted by atomic mass is 10.0. The van der Waals surface area contributed by atoms with Crippen LogP contribution >= 0.6 is 0 Å². The van der Waals surface area contributed by atoms with Crippen molar-refractivity contribution in [2.24, 2.45) is 5.92 Å². The summed E-state index contributed by atoms with van der Waals surface area (Å²) < 4.78 is 0. The van der Waals surface area contributed by atoms with E-state index in [1.54, 1.807) is 13.0 Å². The van der Waals surface area contributed by atoms with E-state index < -0.39 is 5.97 Å². The van der Waals surface area contributed by atoms with Crippen LogP contribution < -0.4 is 10.6 Å². The van der Waals surface area contributed by atoms with Gasteiger partial charge in [0, 0.05) is 6.54 Å². The molecular weight excluding hydrogens is 256 g/mol. The number of nitrogens with one attached hydrogen (secondary N) is 2. The van der Waals surface area contributed by atoms with Gasteiger partial charge in [0.05, 0.1) is 11.3 Å². The van der Waals surface area contributed by atoms with Crippen LogP contribution in [0.5, 0.6) is 0 Å². The van der Waals surface area contributed by atoms with Crippen LogP contribution in [-0.4, -0.2) is 23.7 Å². The molecule has 0 spiro atoms. The van der Waals surface area contributed by atoms with Gasteiger partial charge in [0.2, 0.25) is 0 Å². The summed E-state index contributed by atoms with van der Waals surface area (Å²) in [6.07, 6.45) is 0.881. The fraction of sp³-hybridized carbons (Fsp3) is 0.467. The van der Waals surface area contributed by atoms with Crippen LogP contribution in [0.25, 0.3) is 0 Å². The maximum absolute atomic E-state index is 11.8. The Kier molecular flexibility index (Phi) is 5.55. The van der Waals surface area contributed by atoms with E-state index in [0.717, 1.165) is 17.5 Å². The highest BCUT2D eigenvalue weighted by molar-refractivity contribution is 6.01. The Morgan fingerprint density at radius 3 is 2.45 bits per heavy atom. The van der Waals surface area contributed by atoms with Crippen LogP contribution in [0.3, 0.4) is 0 Å². The van der Waals surface area contributed by atoms with Crippen molar-refractivity contribution in [1.82, 2.24) is 5.32 Å². The molecule has 20 heavy (non-hydrogen) atoms. The summed E-state index contributed by atoms with van der Waals surface area (Å²) in [6.45, 7) is 8.32. The first kappa shape index (κ1) is 16.0. The molecule has 0 saturated carbocycles. The Morgan fingerprint density at radius 1 is 1.25 bits per heavy atom. The largest absolute Gasteiger partial charge is 0.478 e. The summed E-state index contributed by atoms with van der Waals surface area (Å²) >= 11 is 0. The molecule has 0 saturated heterocycles. The predicted octanol–water partition coefficient (Wildman–Crippen LogP) is 3.17. The number of carboxylic acids is 1. The van der Waals surface area contributed by atoms with Crippen molar-refractivity contribution >= 4 is 17.7 Å². The Morgan fingerprint density at radius 2 is 1.90 bits per heavy atom. The minimum atomic E-state index is -1.05. The molecule has 0 unspecified atom stereocenters. The van der Waals surface area contributed by atoms with E-state index in [1.165, 1.54) is 0 Å². The average Bonchev–Trinajstić information content (AvgIpc) is 2.31. The second-order valence-corrected chi connectivity index (χ2v) is 5.37. The molecule has 0 fully saturated rings. The Hall–Kier alpha value is -2.04. The molecule has 0 atom stereocenters. The number of aryl methyl sites for hydroxylation is 2. The number of urea groups is 1. The summed E-state index contributed by atoms with van der Waals surface area (Å²) in [6, 6.07) is 3.02. The lowest BCUT2D eigenvalue weighted by Crippen LogP contribution is -2.31. The minimum Gasteiger partial charge on any atom is -0.478 e. The monoisotopic (exact) mass is 278 g/mol. The molecule has 2 amide bonds. The van der Waals surface area contributed by atoms with E-state index in [2.05, 4.69) is 24.5 Å². The van der Waals surface area contributed by atoms with Crippen molar-refractivity contribution in [1.29, 1.82) is 0 Å². The number of hydrogen-bond donors (Lipinski definition) is 3. The Balaban J connectivity index is 2.81. The molecule has 0 aliphatic rings. The zero-order valence-corrected chi connectivity index (χ0v) is 12.4. The smallest absolute Gasteiger partial charge is 0.337 e. The molecule has 0 radical (unpaired) electrons. The van der Waals surface area contributed by atoms with Gasteiger partial charge in [-0.1, -0.05) is 19.9 Å². The van der Waals surface area contributed by atoms with Crippen molar-refractivity contribution in [3.63, 3.8) is 0 Å². The van der Waals surface area contributed by atoms with Gasteiger partial charge in [-0.2, -0.15) is 0 Å². The molecule has 1 rings (SSSR count). The van der Waals surface area contributed by atoms with Crippen molar-refractivity contribution in [2.75, 3.05) is 11.9 Å². The molecule has 0 aliphatic heterocycles. The van der Waals surface area contributed by atoms with Crippen LogP contribution in [0.2, 0.25) is 0 Å². The minimum absolute atomic E-state index is 0.113. The molecule has 1 aromatic rings. The number of carboxylic acid groups (broad SMARTS) is 1. The lowest BCUT2D eigenvalue weighted by molar-refractivity contribution is 0.0698. The van der Waals surface area contributed by atoms with E-state index in [-0.39, 0.29) is 11.6 Å². The summed E-state index contributed by atoms with van der Waals surface area (Å²) in [7, 11) is 0. The van der Waals surface area contributed by atoms with E-state index in [4.69, 9.17) is 0 Å². The molecule has 0 aliphatic carbocycles. The van der Waals surface area contributed by atoms with Gasteiger partial charge in [-0.25, -0.2) is 9.59 Å². The maximum Gasteiger partial charge on any atom is 0.337 e. The van der Waals surface area contributed by atoms with Gasteiger partial charge < -0.3 is 15.7 Å². The van der Waals surface area contributed by atoms with Gasteiger partial charge in [-0.05, 0) is 43.4 Å². The number of hydrogen-bond acceptors (Lipinski definition) is 2. The number of rotatable bonds is 5.